The van der Waals surface area contributed by atoms with Crippen molar-refractivity contribution >= 4 is 5.91 Å². The highest BCUT2D eigenvalue weighted by Gasteiger charge is 2.30. The van der Waals surface area contributed by atoms with Crippen LogP contribution in [0.3, 0.4) is 0 Å². The quantitative estimate of drug-likeness (QED) is 0.746. The van der Waals surface area contributed by atoms with Gasteiger partial charge in [0.15, 0.2) is 0 Å². The summed E-state index contributed by atoms with van der Waals surface area (Å²) in [5.41, 5.74) is -0.510. The highest BCUT2D eigenvalue weighted by Crippen LogP contribution is 2.29. The maximum Gasteiger partial charge on any atom is 0.416 e. The van der Waals surface area contributed by atoms with Gasteiger partial charge in [-0.15, -0.1) is 0 Å². The molecule has 7 heteroatoms. The van der Waals surface area contributed by atoms with Crippen molar-refractivity contribution in [3.8, 4) is 0 Å². The first kappa shape index (κ1) is 21.7. The van der Waals surface area contributed by atoms with Crippen molar-refractivity contribution in [2.75, 3.05) is 39.4 Å². The summed E-state index contributed by atoms with van der Waals surface area (Å²) in [7, 11) is 0. The number of benzene rings is 1. The fourth-order valence-electron chi connectivity index (χ4n) is 3.06. The lowest BCUT2D eigenvalue weighted by Gasteiger charge is -2.31. The number of nitrogens with zero attached hydrogens (tertiary/aromatic N) is 2. The fraction of sp³-hybridized carbons (Fsp3) is 0.650. The molecule has 0 bridgehead atoms. The van der Waals surface area contributed by atoms with Gasteiger partial charge < -0.3 is 9.64 Å². The molecule has 1 aliphatic heterocycles. The number of carbonyl (C=O) groups excluding carboxylic acids is 1. The van der Waals surface area contributed by atoms with Crippen molar-refractivity contribution in [3.63, 3.8) is 0 Å². The van der Waals surface area contributed by atoms with Gasteiger partial charge in [-0.3, -0.25) is 9.69 Å². The second-order valence-electron chi connectivity index (χ2n) is 7.98. The lowest BCUT2D eigenvalue weighted by atomic mass is 9.94. The summed E-state index contributed by atoms with van der Waals surface area (Å²) in [5, 5.41) is 0. The molecule has 0 atom stereocenters. The van der Waals surface area contributed by atoms with E-state index in [2.05, 4.69) is 4.90 Å². The predicted octanol–water partition coefficient (Wildman–Crippen LogP) is 3.80. The zero-order valence-electron chi connectivity index (χ0n) is 16.3. The second-order valence-corrected chi connectivity index (χ2v) is 7.98. The zero-order valence-corrected chi connectivity index (χ0v) is 16.3. The number of hydrogen-bond acceptors (Lipinski definition) is 3. The Balaban J connectivity index is 2.00. The summed E-state index contributed by atoms with van der Waals surface area (Å²) in [6.07, 6.45) is -3.53. The molecule has 1 aromatic rings. The molecule has 4 nitrogen and oxygen atoms in total. The van der Waals surface area contributed by atoms with Crippen molar-refractivity contribution in [2.45, 2.75) is 39.9 Å². The molecule has 1 saturated heterocycles. The third-order valence-corrected chi connectivity index (χ3v) is 4.59. The third kappa shape index (κ3) is 6.81. The molecular weight excluding hydrogens is 357 g/mol. The number of alkyl halides is 3. The topological polar surface area (TPSA) is 32.8 Å². The van der Waals surface area contributed by atoms with Crippen LogP contribution in [0.5, 0.6) is 0 Å². The summed E-state index contributed by atoms with van der Waals surface area (Å²) in [4.78, 5) is 16.8. The van der Waals surface area contributed by atoms with Gasteiger partial charge in [0.25, 0.3) is 0 Å². The summed E-state index contributed by atoms with van der Waals surface area (Å²) < 4.78 is 43.5. The van der Waals surface area contributed by atoms with Gasteiger partial charge in [0.1, 0.15) is 0 Å². The Kier molecular flexibility index (Phi) is 7.28. The summed E-state index contributed by atoms with van der Waals surface area (Å²) in [5.74, 6) is 0.00405. The van der Waals surface area contributed by atoms with Gasteiger partial charge in [-0.1, -0.05) is 32.9 Å². The van der Waals surface area contributed by atoms with Crippen LogP contribution in [0, 0.1) is 5.41 Å². The van der Waals surface area contributed by atoms with Crippen molar-refractivity contribution in [2.24, 2.45) is 5.41 Å². The molecule has 0 saturated carbocycles. The Bertz CT molecular complexity index is 603. The second kappa shape index (κ2) is 9.06. The number of hydrogen-bond donors (Lipinski definition) is 0. The molecule has 0 unspecified atom stereocenters. The van der Waals surface area contributed by atoms with Gasteiger partial charge >= 0.3 is 6.18 Å². The van der Waals surface area contributed by atoms with Crippen LogP contribution in [0.4, 0.5) is 13.2 Å². The van der Waals surface area contributed by atoms with E-state index in [9.17, 15) is 18.0 Å². The Morgan fingerprint density at radius 2 is 1.70 bits per heavy atom. The van der Waals surface area contributed by atoms with Gasteiger partial charge in [-0.2, -0.15) is 13.2 Å². The molecule has 1 amide bonds. The molecular formula is C20H29F3N2O2. The SMILES string of the molecule is CC(C)(C)C(=O)N(CCCN1CCOCC1)Cc1ccc(C(F)(F)F)cc1. The molecule has 0 N–H and O–H groups in total. The van der Waals surface area contributed by atoms with Crippen LogP contribution in [0.25, 0.3) is 0 Å². The summed E-state index contributed by atoms with van der Waals surface area (Å²) >= 11 is 0. The Morgan fingerprint density at radius 3 is 2.22 bits per heavy atom. The average molecular weight is 386 g/mol. The summed E-state index contributed by atoms with van der Waals surface area (Å²) in [6.45, 7) is 10.6. The van der Waals surface area contributed by atoms with Gasteiger partial charge in [0, 0.05) is 38.1 Å². The normalized spacial score (nSPS) is 16.4. The first-order valence-electron chi connectivity index (χ1n) is 9.33. The molecule has 1 heterocycles. The maximum absolute atomic E-state index is 12.8. The van der Waals surface area contributed by atoms with Gasteiger partial charge in [0.2, 0.25) is 5.91 Å². The number of halogens is 3. The van der Waals surface area contributed by atoms with Crippen LogP contribution >= 0.6 is 0 Å². The van der Waals surface area contributed by atoms with Crippen molar-refractivity contribution < 1.29 is 22.7 Å². The minimum atomic E-state index is -4.35. The lowest BCUT2D eigenvalue weighted by Crippen LogP contribution is -2.42. The largest absolute Gasteiger partial charge is 0.416 e. The highest BCUT2D eigenvalue weighted by molar-refractivity contribution is 5.81. The van der Waals surface area contributed by atoms with Crippen molar-refractivity contribution in [1.82, 2.24) is 9.80 Å². The third-order valence-electron chi connectivity index (χ3n) is 4.59. The molecule has 0 aliphatic carbocycles. The molecule has 0 radical (unpaired) electrons. The number of rotatable bonds is 6. The highest BCUT2D eigenvalue weighted by atomic mass is 19.4. The predicted molar refractivity (Wildman–Crippen MR) is 98.2 cm³/mol. The van der Waals surface area contributed by atoms with Crippen LogP contribution in [0.1, 0.15) is 38.3 Å². The van der Waals surface area contributed by atoms with Gasteiger partial charge in [-0.25, -0.2) is 0 Å². The van der Waals surface area contributed by atoms with E-state index in [0.29, 0.717) is 18.7 Å². The van der Waals surface area contributed by atoms with E-state index >= 15 is 0 Å². The van der Waals surface area contributed by atoms with Gasteiger partial charge in [0.05, 0.1) is 18.8 Å². The van der Waals surface area contributed by atoms with Crippen LogP contribution in [-0.2, 0) is 22.3 Å². The maximum atomic E-state index is 12.8. The molecule has 0 spiro atoms. The molecule has 1 fully saturated rings. The molecule has 1 aliphatic rings. The standard InChI is InChI=1S/C20H29F3N2O2/c1-19(2,3)18(26)25(10-4-9-24-11-13-27-14-12-24)15-16-5-7-17(8-6-16)20(21,22)23/h5-8H,4,9-15H2,1-3H3. The minimum absolute atomic E-state index is 0.00405. The molecule has 0 aromatic heterocycles. The van der Waals surface area contributed by atoms with Crippen LogP contribution in [0.2, 0.25) is 0 Å². The molecule has 152 valence electrons. The lowest BCUT2D eigenvalue weighted by molar-refractivity contribution is -0.140. The Morgan fingerprint density at radius 1 is 1.11 bits per heavy atom. The monoisotopic (exact) mass is 386 g/mol. The van der Waals surface area contributed by atoms with E-state index in [1.807, 2.05) is 20.8 Å². The van der Waals surface area contributed by atoms with Crippen LogP contribution < -0.4 is 0 Å². The molecule has 1 aromatic carbocycles. The number of morpholine rings is 1. The van der Waals surface area contributed by atoms with Gasteiger partial charge in [-0.05, 0) is 24.1 Å². The van der Waals surface area contributed by atoms with E-state index in [1.54, 1.807) is 4.90 Å². The van der Waals surface area contributed by atoms with Crippen LogP contribution in [0.15, 0.2) is 24.3 Å². The van der Waals surface area contributed by atoms with E-state index in [1.165, 1.54) is 12.1 Å². The molecule has 2 rings (SSSR count). The minimum Gasteiger partial charge on any atom is -0.379 e. The van der Waals surface area contributed by atoms with Crippen LogP contribution in [-0.4, -0.2) is 55.1 Å². The van der Waals surface area contributed by atoms with E-state index in [-0.39, 0.29) is 5.91 Å². The fourth-order valence-corrected chi connectivity index (χ4v) is 3.06. The zero-order chi connectivity index (χ0) is 20.1. The molecule has 27 heavy (non-hydrogen) atoms. The van der Waals surface area contributed by atoms with Crippen molar-refractivity contribution in [1.29, 1.82) is 0 Å². The Labute approximate surface area is 159 Å². The van der Waals surface area contributed by atoms with E-state index in [4.69, 9.17) is 4.74 Å². The number of ether oxygens (including phenoxy) is 1. The smallest absolute Gasteiger partial charge is 0.379 e. The van der Waals surface area contributed by atoms with Crippen molar-refractivity contribution in [3.05, 3.63) is 35.4 Å². The number of amides is 1. The summed E-state index contributed by atoms with van der Waals surface area (Å²) in [6, 6.07) is 5.05. The van der Waals surface area contributed by atoms with E-state index < -0.39 is 17.2 Å². The first-order valence-corrected chi connectivity index (χ1v) is 9.33. The average Bonchev–Trinajstić information content (AvgIpc) is 2.60. The Hall–Kier alpha value is -1.60. The van der Waals surface area contributed by atoms with E-state index in [0.717, 1.165) is 51.4 Å². The first-order chi connectivity index (χ1) is 12.6. The number of carbonyl (C=O) groups is 1.